The summed E-state index contributed by atoms with van der Waals surface area (Å²) in [6.07, 6.45) is 3.21. The second kappa shape index (κ2) is 6.87. The molecule has 1 aliphatic heterocycles. The first-order valence-corrected chi connectivity index (χ1v) is 8.38. The number of hydrogen-bond acceptors (Lipinski definition) is 4. The normalized spacial score (nSPS) is 15.8. The van der Waals surface area contributed by atoms with E-state index in [1.165, 1.54) is 17.1 Å². The van der Waals surface area contributed by atoms with E-state index in [0.717, 1.165) is 32.4 Å². The number of nitrogens with one attached hydrogen (secondary N) is 1. The van der Waals surface area contributed by atoms with Crippen molar-refractivity contribution in [3.63, 3.8) is 0 Å². The van der Waals surface area contributed by atoms with Crippen LogP contribution in [0.3, 0.4) is 0 Å². The third kappa shape index (κ3) is 3.82. The molecule has 0 spiro atoms. The zero-order valence-corrected chi connectivity index (χ0v) is 13.5. The average Bonchev–Trinajstić information content (AvgIpc) is 2.94. The van der Waals surface area contributed by atoms with Gasteiger partial charge in [0.15, 0.2) is 0 Å². The lowest BCUT2D eigenvalue weighted by Crippen LogP contribution is -2.41. The third-order valence-electron chi connectivity index (χ3n) is 4.01. The lowest BCUT2D eigenvalue weighted by Gasteiger charge is -2.31. The molecule has 6 heteroatoms. The summed E-state index contributed by atoms with van der Waals surface area (Å²) in [5.41, 5.74) is 1.38. The Morgan fingerprint density at radius 3 is 2.68 bits per heavy atom. The lowest BCUT2D eigenvalue weighted by molar-refractivity contribution is 0.182. The number of piperidine rings is 1. The standard InChI is InChI=1S/C16H20N4OS/c1-12-17-15(22-19-12)18-16(21)20-9-7-14(8-10-20)11-13-5-3-2-4-6-13/h2-6,14H,7-11H2,1H3,(H,17,18,19,21). The maximum Gasteiger partial charge on any atom is 0.323 e. The van der Waals surface area contributed by atoms with Crippen LogP contribution in [0.1, 0.15) is 24.2 Å². The first-order valence-electron chi connectivity index (χ1n) is 7.61. The number of carbonyl (C=O) groups is 1. The van der Waals surface area contributed by atoms with Crippen LogP contribution < -0.4 is 5.32 Å². The lowest BCUT2D eigenvalue weighted by atomic mass is 9.90. The number of hydrogen-bond donors (Lipinski definition) is 1. The molecule has 1 aromatic carbocycles. The fraction of sp³-hybridized carbons (Fsp3) is 0.438. The van der Waals surface area contributed by atoms with Gasteiger partial charge < -0.3 is 4.90 Å². The Balaban J connectivity index is 1.48. The number of aryl methyl sites for hydroxylation is 1. The first kappa shape index (κ1) is 15.0. The molecule has 1 N–H and O–H groups in total. The van der Waals surface area contributed by atoms with Crippen LogP contribution in [0.2, 0.25) is 0 Å². The number of likely N-dealkylation sites (tertiary alicyclic amines) is 1. The molecular weight excluding hydrogens is 296 g/mol. The Bertz CT molecular complexity index is 620. The SMILES string of the molecule is Cc1nsc(NC(=O)N2CCC(Cc3ccccc3)CC2)n1. The van der Waals surface area contributed by atoms with Crippen LogP contribution in [0.25, 0.3) is 0 Å². The predicted octanol–water partition coefficient (Wildman–Crippen LogP) is 3.33. The number of aromatic nitrogens is 2. The van der Waals surface area contributed by atoms with Crippen molar-refractivity contribution in [1.82, 2.24) is 14.3 Å². The summed E-state index contributed by atoms with van der Waals surface area (Å²) < 4.78 is 4.07. The van der Waals surface area contributed by atoms with Gasteiger partial charge in [-0.2, -0.15) is 4.37 Å². The molecule has 0 bridgehead atoms. The molecule has 2 aromatic rings. The number of amides is 2. The average molecular weight is 316 g/mol. The topological polar surface area (TPSA) is 58.1 Å². The Morgan fingerprint density at radius 1 is 1.32 bits per heavy atom. The van der Waals surface area contributed by atoms with Gasteiger partial charge in [-0.25, -0.2) is 9.78 Å². The second-order valence-electron chi connectivity index (χ2n) is 5.70. The van der Waals surface area contributed by atoms with E-state index >= 15 is 0 Å². The van der Waals surface area contributed by atoms with Crippen molar-refractivity contribution in [3.8, 4) is 0 Å². The Morgan fingerprint density at radius 2 is 2.05 bits per heavy atom. The van der Waals surface area contributed by atoms with Gasteiger partial charge in [0.1, 0.15) is 5.82 Å². The van der Waals surface area contributed by atoms with Gasteiger partial charge in [0.2, 0.25) is 5.13 Å². The molecule has 0 atom stereocenters. The zero-order chi connectivity index (χ0) is 15.4. The van der Waals surface area contributed by atoms with Crippen LogP contribution in [0.15, 0.2) is 30.3 Å². The molecule has 1 saturated heterocycles. The van der Waals surface area contributed by atoms with Gasteiger partial charge in [0, 0.05) is 24.6 Å². The van der Waals surface area contributed by atoms with Gasteiger partial charge in [0.25, 0.3) is 0 Å². The van der Waals surface area contributed by atoms with Crippen molar-refractivity contribution in [1.29, 1.82) is 0 Å². The molecule has 0 radical (unpaired) electrons. The van der Waals surface area contributed by atoms with E-state index in [0.29, 0.717) is 16.9 Å². The summed E-state index contributed by atoms with van der Waals surface area (Å²) in [4.78, 5) is 18.2. The molecule has 1 aromatic heterocycles. The van der Waals surface area contributed by atoms with Crippen molar-refractivity contribution < 1.29 is 4.79 Å². The van der Waals surface area contributed by atoms with Crippen molar-refractivity contribution >= 4 is 22.7 Å². The summed E-state index contributed by atoms with van der Waals surface area (Å²) >= 11 is 1.22. The minimum atomic E-state index is -0.0608. The number of anilines is 1. The van der Waals surface area contributed by atoms with Crippen LogP contribution in [0, 0.1) is 12.8 Å². The van der Waals surface area contributed by atoms with Crippen molar-refractivity contribution in [2.45, 2.75) is 26.2 Å². The van der Waals surface area contributed by atoms with Crippen LogP contribution in [-0.2, 0) is 6.42 Å². The molecule has 1 fully saturated rings. The maximum absolute atomic E-state index is 12.2. The van der Waals surface area contributed by atoms with E-state index < -0.39 is 0 Å². The van der Waals surface area contributed by atoms with E-state index in [4.69, 9.17) is 0 Å². The molecule has 22 heavy (non-hydrogen) atoms. The summed E-state index contributed by atoms with van der Waals surface area (Å²) in [6, 6.07) is 10.5. The molecule has 5 nitrogen and oxygen atoms in total. The van der Waals surface area contributed by atoms with Crippen LogP contribution in [0.4, 0.5) is 9.93 Å². The predicted molar refractivity (Wildman–Crippen MR) is 88.1 cm³/mol. The van der Waals surface area contributed by atoms with Gasteiger partial charge in [-0.1, -0.05) is 30.3 Å². The number of nitrogens with zero attached hydrogens (tertiary/aromatic N) is 3. The van der Waals surface area contributed by atoms with E-state index in [-0.39, 0.29) is 6.03 Å². The van der Waals surface area contributed by atoms with E-state index in [1.54, 1.807) is 0 Å². The fourth-order valence-corrected chi connectivity index (χ4v) is 3.37. The smallest absolute Gasteiger partial charge is 0.323 e. The molecular formula is C16H20N4OS. The van der Waals surface area contributed by atoms with Crippen LogP contribution in [-0.4, -0.2) is 33.4 Å². The number of benzene rings is 1. The quantitative estimate of drug-likeness (QED) is 0.945. The fourth-order valence-electron chi connectivity index (χ4n) is 2.81. The molecule has 0 saturated carbocycles. The Kier molecular flexibility index (Phi) is 4.68. The Hall–Kier alpha value is -1.95. The molecule has 2 amide bonds. The minimum Gasteiger partial charge on any atom is -0.324 e. The van der Waals surface area contributed by atoms with E-state index in [9.17, 15) is 4.79 Å². The number of rotatable bonds is 3. The van der Waals surface area contributed by atoms with Crippen molar-refractivity contribution in [3.05, 3.63) is 41.7 Å². The monoisotopic (exact) mass is 316 g/mol. The number of urea groups is 1. The highest BCUT2D eigenvalue weighted by Crippen LogP contribution is 2.22. The summed E-state index contributed by atoms with van der Waals surface area (Å²) in [5.74, 6) is 1.36. The second-order valence-corrected chi connectivity index (χ2v) is 6.45. The van der Waals surface area contributed by atoms with E-state index in [2.05, 4.69) is 38.9 Å². The van der Waals surface area contributed by atoms with Crippen LogP contribution >= 0.6 is 11.5 Å². The van der Waals surface area contributed by atoms with Crippen molar-refractivity contribution in [2.24, 2.45) is 5.92 Å². The summed E-state index contributed by atoms with van der Waals surface area (Å²) in [7, 11) is 0. The summed E-state index contributed by atoms with van der Waals surface area (Å²) in [6.45, 7) is 3.43. The summed E-state index contributed by atoms with van der Waals surface area (Å²) in [5, 5.41) is 3.41. The zero-order valence-electron chi connectivity index (χ0n) is 12.7. The van der Waals surface area contributed by atoms with Crippen LogP contribution in [0.5, 0.6) is 0 Å². The van der Waals surface area contributed by atoms with Crippen molar-refractivity contribution in [2.75, 3.05) is 18.4 Å². The highest BCUT2D eigenvalue weighted by Gasteiger charge is 2.23. The Labute approximate surface area is 134 Å². The molecule has 2 heterocycles. The van der Waals surface area contributed by atoms with Gasteiger partial charge in [-0.05, 0) is 37.7 Å². The molecule has 3 rings (SSSR count). The first-order chi connectivity index (χ1) is 10.7. The highest BCUT2D eigenvalue weighted by molar-refractivity contribution is 7.09. The van der Waals surface area contributed by atoms with Gasteiger partial charge in [-0.3, -0.25) is 5.32 Å². The van der Waals surface area contributed by atoms with Gasteiger partial charge in [0.05, 0.1) is 0 Å². The molecule has 1 aliphatic rings. The third-order valence-corrected chi connectivity index (χ3v) is 4.73. The molecule has 0 unspecified atom stereocenters. The molecule has 0 aliphatic carbocycles. The highest BCUT2D eigenvalue weighted by atomic mass is 32.1. The van der Waals surface area contributed by atoms with E-state index in [1.807, 2.05) is 17.9 Å². The largest absolute Gasteiger partial charge is 0.324 e. The van der Waals surface area contributed by atoms with Gasteiger partial charge in [-0.15, -0.1) is 0 Å². The minimum absolute atomic E-state index is 0.0608. The molecule has 116 valence electrons. The van der Waals surface area contributed by atoms with Gasteiger partial charge >= 0.3 is 6.03 Å². The number of carbonyl (C=O) groups excluding carboxylic acids is 1. The maximum atomic E-state index is 12.2.